The zero-order valence-electron chi connectivity index (χ0n) is 10.9. The highest BCUT2D eigenvalue weighted by atomic mass is 16.5. The third-order valence-electron chi connectivity index (χ3n) is 3.50. The number of carbonyl (C=O) groups is 3. The zero-order valence-corrected chi connectivity index (χ0v) is 10.9. The molecule has 7 nitrogen and oxygen atoms in total. The van der Waals surface area contributed by atoms with Crippen molar-refractivity contribution in [1.82, 2.24) is 10.2 Å². The van der Waals surface area contributed by atoms with Crippen LogP contribution in [-0.2, 0) is 23.9 Å². The molecule has 0 radical (unpaired) electrons. The Balaban J connectivity index is 2.03. The molecule has 1 N–H and O–H groups in total. The van der Waals surface area contributed by atoms with Gasteiger partial charge in [0.05, 0.1) is 26.2 Å². The van der Waals surface area contributed by atoms with E-state index >= 15 is 0 Å². The molecule has 0 spiro atoms. The van der Waals surface area contributed by atoms with Crippen LogP contribution in [0.15, 0.2) is 0 Å². The molecule has 2 fully saturated rings. The van der Waals surface area contributed by atoms with Gasteiger partial charge in [-0.05, 0) is 6.42 Å². The minimum atomic E-state index is -0.677. The Hall–Kier alpha value is -1.63. The number of morpholine rings is 1. The predicted octanol–water partition coefficient (Wildman–Crippen LogP) is -1.09. The van der Waals surface area contributed by atoms with Gasteiger partial charge in [0.25, 0.3) is 0 Å². The van der Waals surface area contributed by atoms with Crippen molar-refractivity contribution in [3.05, 3.63) is 0 Å². The first-order valence-corrected chi connectivity index (χ1v) is 6.36. The number of amides is 2. The molecular formula is C12H18N2O5. The van der Waals surface area contributed by atoms with E-state index in [1.165, 1.54) is 12.0 Å². The molecule has 2 heterocycles. The number of carbonyl (C=O) groups excluding carboxylic acids is 3. The van der Waals surface area contributed by atoms with Gasteiger partial charge >= 0.3 is 5.97 Å². The number of rotatable bonds is 2. The van der Waals surface area contributed by atoms with Gasteiger partial charge in [0.1, 0.15) is 0 Å². The Bertz CT molecular complexity index is 374. The second kappa shape index (κ2) is 6.01. The maximum Gasteiger partial charge on any atom is 0.331 e. The highest BCUT2D eigenvalue weighted by molar-refractivity contribution is 5.88. The SMILES string of the molecule is COC(=O)C1COCCN1C(=O)C1CCC(=O)NC1. The molecule has 106 valence electrons. The second-order valence-corrected chi connectivity index (χ2v) is 4.69. The van der Waals surface area contributed by atoms with Crippen LogP contribution in [0.2, 0.25) is 0 Å². The Labute approximate surface area is 111 Å². The van der Waals surface area contributed by atoms with Crippen molar-refractivity contribution in [1.29, 1.82) is 0 Å². The van der Waals surface area contributed by atoms with E-state index in [9.17, 15) is 14.4 Å². The minimum absolute atomic E-state index is 0.0319. The summed E-state index contributed by atoms with van der Waals surface area (Å²) in [6.07, 6.45) is 0.875. The molecule has 7 heteroatoms. The third kappa shape index (κ3) is 3.04. The lowest BCUT2D eigenvalue weighted by Crippen LogP contribution is -2.56. The van der Waals surface area contributed by atoms with Gasteiger partial charge in [0.2, 0.25) is 11.8 Å². The molecule has 19 heavy (non-hydrogen) atoms. The van der Waals surface area contributed by atoms with Crippen LogP contribution >= 0.6 is 0 Å². The quantitative estimate of drug-likeness (QED) is 0.645. The molecule has 0 aliphatic carbocycles. The summed E-state index contributed by atoms with van der Waals surface area (Å²) in [6, 6.07) is -0.677. The molecule has 2 rings (SSSR count). The van der Waals surface area contributed by atoms with E-state index in [2.05, 4.69) is 5.32 Å². The number of methoxy groups -OCH3 is 1. The summed E-state index contributed by atoms with van der Waals surface area (Å²) in [7, 11) is 1.29. The molecule has 0 aromatic rings. The Kier molecular flexibility index (Phi) is 4.36. The largest absolute Gasteiger partial charge is 0.467 e. The molecule has 0 bridgehead atoms. The number of hydrogen-bond donors (Lipinski definition) is 1. The molecule has 0 aromatic heterocycles. The number of esters is 1. The van der Waals surface area contributed by atoms with Crippen LogP contribution in [0.1, 0.15) is 12.8 Å². The average Bonchev–Trinajstić information content (AvgIpc) is 2.46. The number of piperidine rings is 1. The molecule has 2 aliphatic rings. The molecule has 0 saturated carbocycles. The van der Waals surface area contributed by atoms with Crippen molar-refractivity contribution in [2.24, 2.45) is 5.92 Å². The van der Waals surface area contributed by atoms with Crippen molar-refractivity contribution >= 4 is 17.8 Å². The van der Waals surface area contributed by atoms with E-state index in [0.717, 1.165) is 0 Å². The Morgan fingerprint density at radius 2 is 2.26 bits per heavy atom. The van der Waals surface area contributed by atoms with E-state index < -0.39 is 12.0 Å². The summed E-state index contributed by atoms with van der Waals surface area (Å²) < 4.78 is 9.92. The van der Waals surface area contributed by atoms with Crippen molar-refractivity contribution in [3.63, 3.8) is 0 Å². The number of nitrogens with zero attached hydrogens (tertiary/aromatic N) is 1. The van der Waals surface area contributed by atoms with Gasteiger partial charge in [-0.2, -0.15) is 0 Å². The topological polar surface area (TPSA) is 84.9 Å². The van der Waals surface area contributed by atoms with Crippen molar-refractivity contribution in [2.45, 2.75) is 18.9 Å². The predicted molar refractivity (Wildman–Crippen MR) is 64.1 cm³/mol. The Morgan fingerprint density at radius 3 is 2.89 bits per heavy atom. The first-order valence-electron chi connectivity index (χ1n) is 6.36. The van der Waals surface area contributed by atoms with Crippen LogP contribution in [0.4, 0.5) is 0 Å². The normalized spacial score (nSPS) is 27.6. The maximum atomic E-state index is 12.4. The fraction of sp³-hybridized carbons (Fsp3) is 0.750. The van der Waals surface area contributed by atoms with Crippen LogP contribution in [0.5, 0.6) is 0 Å². The monoisotopic (exact) mass is 270 g/mol. The van der Waals surface area contributed by atoms with E-state index in [0.29, 0.717) is 32.5 Å². The van der Waals surface area contributed by atoms with Crippen LogP contribution in [0.3, 0.4) is 0 Å². The fourth-order valence-corrected chi connectivity index (χ4v) is 2.38. The van der Waals surface area contributed by atoms with Crippen LogP contribution in [0, 0.1) is 5.92 Å². The summed E-state index contributed by atoms with van der Waals surface area (Å²) in [5.74, 6) is -0.870. The molecule has 0 aromatic carbocycles. The molecule has 2 amide bonds. The summed E-state index contributed by atoms with van der Waals surface area (Å²) in [5.41, 5.74) is 0. The van der Waals surface area contributed by atoms with E-state index in [4.69, 9.17) is 9.47 Å². The average molecular weight is 270 g/mol. The lowest BCUT2D eigenvalue weighted by Gasteiger charge is -2.36. The first-order chi connectivity index (χ1) is 9.13. The van der Waals surface area contributed by atoms with Crippen molar-refractivity contribution in [2.75, 3.05) is 33.4 Å². The molecular weight excluding hydrogens is 252 g/mol. The van der Waals surface area contributed by atoms with Crippen molar-refractivity contribution in [3.8, 4) is 0 Å². The molecule has 2 saturated heterocycles. The minimum Gasteiger partial charge on any atom is -0.467 e. The van der Waals surface area contributed by atoms with E-state index in [1.54, 1.807) is 0 Å². The van der Waals surface area contributed by atoms with Gasteiger partial charge in [0.15, 0.2) is 6.04 Å². The van der Waals surface area contributed by atoms with Gasteiger partial charge in [-0.3, -0.25) is 9.59 Å². The van der Waals surface area contributed by atoms with Gasteiger partial charge < -0.3 is 19.7 Å². The maximum absolute atomic E-state index is 12.4. The second-order valence-electron chi connectivity index (χ2n) is 4.69. The smallest absolute Gasteiger partial charge is 0.331 e. The highest BCUT2D eigenvalue weighted by Crippen LogP contribution is 2.18. The standard InChI is InChI=1S/C12H18N2O5/c1-18-12(17)9-7-19-5-4-14(9)11(16)8-2-3-10(15)13-6-8/h8-9H,2-7H2,1H3,(H,13,15). The summed E-state index contributed by atoms with van der Waals surface area (Å²) in [4.78, 5) is 36.7. The van der Waals surface area contributed by atoms with E-state index in [-0.39, 0.29) is 24.3 Å². The van der Waals surface area contributed by atoms with Crippen LogP contribution < -0.4 is 5.32 Å². The fourth-order valence-electron chi connectivity index (χ4n) is 2.38. The van der Waals surface area contributed by atoms with Gasteiger partial charge in [-0.15, -0.1) is 0 Å². The highest BCUT2D eigenvalue weighted by Gasteiger charge is 2.37. The Morgan fingerprint density at radius 1 is 1.47 bits per heavy atom. The van der Waals surface area contributed by atoms with Gasteiger partial charge in [0, 0.05) is 19.5 Å². The number of hydrogen-bond acceptors (Lipinski definition) is 5. The summed E-state index contributed by atoms with van der Waals surface area (Å²) in [6.45, 7) is 1.29. The van der Waals surface area contributed by atoms with Gasteiger partial charge in [-0.1, -0.05) is 0 Å². The zero-order chi connectivity index (χ0) is 13.8. The van der Waals surface area contributed by atoms with Gasteiger partial charge in [-0.25, -0.2) is 4.79 Å². The molecule has 2 aliphatic heterocycles. The van der Waals surface area contributed by atoms with Crippen LogP contribution in [-0.4, -0.2) is 62.1 Å². The summed E-state index contributed by atoms with van der Waals surface area (Å²) in [5, 5.41) is 2.68. The summed E-state index contributed by atoms with van der Waals surface area (Å²) >= 11 is 0. The number of ether oxygens (including phenoxy) is 2. The first kappa shape index (κ1) is 13.8. The third-order valence-corrected chi connectivity index (χ3v) is 3.50. The lowest BCUT2D eigenvalue weighted by atomic mass is 9.96. The van der Waals surface area contributed by atoms with Crippen molar-refractivity contribution < 1.29 is 23.9 Å². The lowest BCUT2D eigenvalue weighted by molar-refractivity contribution is -0.163. The molecule has 2 atom stereocenters. The van der Waals surface area contributed by atoms with E-state index in [1.807, 2.05) is 0 Å². The number of nitrogens with one attached hydrogen (secondary N) is 1. The molecule has 2 unspecified atom stereocenters. The van der Waals surface area contributed by atoms with Crippen LogP contribution in [0.25, 0.3) is 0 Å².